The van der Waals surface area contributed by atoms with Crippen molar-refractivity contribution in [2.45, 2.75) is 25.3 Å². The molecular formula is C8H13NO2. The van der Waals surface area contributed by atoms with E-state index in [0.29, 0.717) is 6.04 Å². The van der Waals surface area contributed by atoms with Crippen molar-refractivity contribution in [2.75, 3.05) is 13.1 Å². The molecule has 0 aromatic carbocycles. The average molecular weight is 155 g/mol. The third kappa shape index (κ3) is 1.25. The van der Waals surface area contributed by atoms with Crippen molar-refractivity contribution in [3.05, 3.63) is 0 Å². The average Bonchev–Trinajstić information content (AvgIpc) is 2.45. The van der Waals surface area contributed by atoms with Gasteiger partial charge in [0.15, 0.2) is 0 Å². The van der Waals surface area contributed by atoms with E-state index in [1.54, 1.807) is 0 Å². The Kier molecular flexibility index (Phi) is 1.60. The zero-order valence-electron chi connectivity index (χ0n) is 6.49. The van der Waals surface area contributed by atoms with Crippen molar-refractivity contribution < 1.29 is 9.90 Å². The maximum Gasteiger partial charge on any atom is 0.317 e. The molecule has 0 aromatic rings. The second-order valence-electron chi connectivity index (χ2n) is 3.66. The first kappa shape index (κ1) is 7.10. The van der Waals surface area contributed by atoms with E-state index < -0.39 is 5.97 Å². The van der Waals surface area contributed by atoms with Crippen LogP contribution < -0.4 is 0 Å². The number of piperidine rings is 1. The van der Waals surface area contributed by atoms with E-state index in [0.717, 1.165) is 12.5 Å². The van der Waals surface area contributed by atoms with Crippen LogP contribution in [0.2, 0.25) is 0 Å². The minimum Gasteiger partial charge on any atom is -0.480 e. The summed E-state index contributed by atoms with van der Waals surface area (Å²) in [5.41, 5.74) is 0. The van der Waals surface area contributed by atoms with E-state index in [1.165, 1.54) is 19.3 Å². The molecule has 1 saturated carbocycles. The highest BCUT2D eigenvalue weighted by molar-refractivity contribution is 5.69. The third-order valence-corrected chi connectivity index (χ3v) is 2.86. The molecule has 3 nitrogen and oxygen atoms in total. The highest BCUT2D eigenvalue weighted by Crippen LogP contribution is 2.36. The van der Waals surface area contributed by atoms with Gasteiger partial charge in [-0.25, -0.2) is 0 Å². The summed E-state index contributed by atoms with van der Waals surface area (Å²) >= 11 is 0. The molecule has 1 aliphatic heterocycles. The summed E-state index contributed by atoms with van der Waals surface area (Å²) in [7, 11) is 0. The van der Waals surface area contributed by atoms with E-state index >= 15 is 0 Å². The van der Waals surface area contributed by atoms with Crippen molar-refractivity contribution in [1.29, 1.82) is 0 Å². The predicted octanol–water partition coefficient (Wildman–Crippen LogP) is 0.555. The molecule has 0 amide bonds. The fourth-order valence-corrected chi connectivity index (χ4v) is 2.39. The zero-order chi connectivity index (χ0) is 7.84. The first-order valence-corrected chi connectivity index (χ1v) is 4.21. The van der Waals surface area contributed by atoms with Gasteiger partial charge < -0.3 is 5.11 Å². The Morgan fingerprint density at radius 1 is 1.55 bits per heavy atom. The molecule has 3 heteroatoms. The summed E-state index contributed by atoms with van der Waals surface area (Å²) in [4.78, 5) is 12.5. The van der Waals surface area contributed by atoms with E-state index in [1.807, 2.05) is 0 Å². The molecule has 0 aromatic heterocycles. The van der Waals surface area contributed by atoms with Crippen LogP contribution in [0.5, 0.6) is 0 Å². The number of carboxylic acid groups (broad SMARTS) is 1. The van der Waals surface area contributed by atoms with Gasteiger partial charge in [0.25, 0.3) is 0 Å². The molecule has 1 heterocycles. The van der Waals surface area contributed by atoms with Gasteiger partial charge in [-0.1, -0.05) is 0 Å². The van der Waals surface area contributed by atoms with E-state index in [-0.39, 0.29) is 6.54 Å². The predicted molar refractivity (Wildman–Crippen MR) is 40.3 cm³/mol. The van der Waals surface area contributed by atoms with Crippen LogP contribution in [0.3, 0.4) is 0 Å². The number of carbonyl (C=O) groups is 1. The van der Waals surface area contributed by atoms with Crippen molar-refractivity contribution >= 4 is 5.97 Å². The smallest absolute Gasteiger partial charge is 0.317 e. The SMILES string of the molecule is O=C(O)CN1C[C@@H]2CC[C@H]1C2. The van der Waals surface area contributed by atoms with E-state index in [9.17, 15) is 4.79 Å². The Morgan fingerprint density at radius 2 is 2.36 bits per heavy atom. The van der Waals surface area contributed by atoms with E-state index in [4.69, 9.17) is 5.11 Å². The van der Waals surface area contributed by atoms with E-state index in [2.05, 4.69) is 4.90 Å². The van der Waals surface area contributed by atoms with Crippen molar-refractivity contribution in [2.24, 2.45) is 5.92 Å². The van der Waals surface area contributed by atoms with Gasteiger partial charge in [0.2, 0.25) is 0 Å². The second-order valence-corrected chi connectivity index (χ2v) is 3.66. The lowest BCUT2D eigenvalue weighted by Crippen LogP contribution is -2.36. The molecule has 0 radical (unpaired) electrons. The molecule has 2 atom stereocenters. The quantitative estimate of drug-likeness (QED) is 0.633. The fourth-order valence-electron chi connectivity index (χ4n) is 2.39. The molecule has 1 aliphatic carbocycles. The van der Waals surface area contributed by atoms with Crippen LogP contribution in [0.15, 0.2) is 0 Å². The molecule has 0 unspecified atom stereocenters. The first-order valence-electron chi connectivity index (χ1n) is 4.21. The number of fused-ring (bicyclic) bond motifs is 2. The number of rotatable bonds is 2. The zero-order valence-corrected chi connectivity index (χ0v) is 6.49. The lowest BCUT2D eigenvalue weighted by molar-refractivity contribution is -0.138. The number of likely N-dealkylation sites (tertiary alicyclic amines) is 1. The summed E-state index contributed by atoms with van der Waals surface area (Å²) < 4.78 is 0. The monoisotopic (exact) mass is 155 g/mol. The molecule has 2 rings (SSSR count). The second kappa shape index (κ2) is 2.48. The molecule has 1 N–H and O–H groups in total. The lowest BCUT2D eigenvalue weighted by Gasteiger charge is -2.24. The molecule has 0 spiro atoms. The highest BCUT2D eigenvalue weighted by Gasteiger charge is 2.38. The van der Waals surface area contributed by atoms with Crippen LogP contribution in [0.1, 0.15) is 19.3 Å². The Bertz CT molecular complexity index is 181. The van der Waals surface area contributed by atoms with Crippen LogP contribution in [-0.2, 0) is 4.79 Å². The van der Waals surface area contributed by atoms with Gasteiger partial charge in [0, 0.05) is 12.6 Å². The van der Waals surface area contributed by atoms with Crippen LogP contribution in [0.25, 0.3) is 0 Å². The van der Waals surface area contributed by atoms with Crippen molar-refractivity contribution in [3.8, 4) is 0 Å². The molecule has 2 aliphatic rings. The third-order valence-electron chi connectivity index (χ3n) is 2.86. The summed E-state index contributed by atoms with van der Waals surface area (Å²) in [5, 5.41) is 8.56. The Hall–Kier alpha value is -0.570. The van der Waals surface area contributed by atoms with Crippen molar-refractivity contribution in [1.82, 2.24) is 4.90 Å². The largest absolute Gasteiger partial charge is 0.480 e. The normalized spacial score (nSPS) is 36.4. The van der Waals surface area contributed by atoms with Gasteiger partial charge in [-0.05, 0) is 25.2 Å². The van der Waals surface area contributed by atoms with Crippen LogP contribution in [-0.4, -0.2) is 35.1 Å². The number of carboxylic acids is 1. The maximum absolute atomic E-state index is 10.4. The lowest BCUT2D eigenvalue weighted by atomic mass is 10.1. The van der Waals surface area contributed by atoms with Crippen molar-refractivity contribution in [3.63, 3.8) is 0 Å². The number of nitrogens with zero attached hydrogens (tertiary/aromatic N) is 1. The van der Waals surface area contributed by atoms with Crippen LogP contribution in [0.4, 0.5) is 0 Å². The summed E-state index contributed by atoms with van der Waals surface area (Å²) in [6.07, 6.45) is 3.78. The topological polar surface area (TPSA) is 40.5 Å². The molecule has 1 saturated heterocycles. The highest BCUT2D eigenvalue weighted by atomic mass is 16.4. The molecular weight excluding hydrogens is 142 g/mol. The molecule has 11 heavy (non-hydrogen) atoms. The molecule has 2 bridgehead atoms. The van der Waals surface area contributed by atoms with Gasteiger partial charge >= 0.3 is 5.97 Å². The van der Waals surface area contributed by atoms with Crippen LogP contribution >= 0.6 is 0 Å². The van der Waals surface area contributed by atoms with Gasteiger partial charge in [-0.15, -0.1) is 0 Å². The number of hydrogen-bond acceptors (Lipinski definition) is 2. The number of hydrogen-bond donors (Lipinski definition) is 1. The van der Waals surface area contributed by atoms with Gasteiger partial charge in [0.05, 0.1) is 6.54 Å². The van der Waals surface area contributed by atoms with Crippen LogP contribution in [0, 0.1) is 5.92 Å². The first-order chi connectivity index (χ1) is 5.25. The Labute approximate surface area is 66.0 Å². The minimum absolute atomic E-state index is 0.251. The molecule has 62 valence electrons. The van der Waals surface area contributed by atoms with Gasteiger partial charge in [-0.3, -0.25) is 9.69 Å². The minimum atomic E-state index is -0.683. The Balaban J connectivity index is 1.92. The summed E-state index contributed by atoms with van der Waals surface area (Å²) in [6.45, 7) is 1.28. The summed E-state index contributed by atoms with van der Waals surface area (Å²) in [5.74, 6) is 0.122. The van der Waals surface area contributed by atoms with Gasteiger partial charge in [-0.2, -0.15) is 0 Å². The molecule has 2 fully saturated rings. The summed E-state index contributed by atoms with van der Waals surface area (Å²) in [6, 6.07) is 0.594. The maximum atomic E-state index is 10.4. The number of aliphatic carboxylic acids is 1. The Morgan fingerprint density at radius 3 is 2.82 bits per heavy atom. The standard InChI is InChI=1S/C8H13NO2/c10-8(11)5-9-4-6-1-2-7(9)3-6/h6-7H,1-5H2,(H,10,11)/t6-,7+/m1/s1. The van der Waals surface area contributed by atoms with Gasteiger partial charge in [0.1, 0.15) is 0 Å². The fraction of sp³-hybridized carbons (Fsp3) is 0.875.